The third-order valence-electron chi connectivity index (χ3n) is 2.25. The van der Waals surface area contributed by atoms with Gasteiger partial charge in [-0.15, -0.1) is 0 Å². The van der Waals surface area contributed by atoms with Gasteiger partial charge in [-0.25, -0.2) is 9.59 Å². The largest absolute Gasteiger partial charge is 0.452 e. The van der Waals surface area contributed by atoms with E-state index in [-0.39, 0.29) is 22.2 Å². The lowest BCUT2D eigenvalue weighted by atomic mass is 10.2. The quantitative estimate of drug-likeness (QED) is 0.629. The van der Waals surface area contributed by atoms with E-state index < -0.39 is 30.0 Å². The van der Waals surface area contributed by atoms with E-state index in [9.17, 15) is 27.6 Å². The Morgan fingerprint density at radius 2 is 1.78 bits per heavy atom. The van der Waals surface area contributed by atoms with Crippen LogP contribution in [0.4, 0.5) is 18.0 Å². The Morgan fingerprint density at radius 1 is 1.17 bits per heavy atom. The van der Waals surface area contributed by atoms with Gasteiger partial charge < -0.3 is 10.1 Å². The lowest BCUT2D eigenvalue weighted by Crippen LogP contribution is -2.41. The first-order valence-corrected chi connectivity index (χ1v) is 7.13. The third-order valence-corrected chi connectivity index (χ3v) is 2.99. The first kappa shape index (κ1) is 18.8. The van der Waals surface area contributed by atoms with Crippen LogP contribution in [0.3, 0.4) is 0 Å². The number of benzene rings is 1. The van der Waals surface area contributed by atoms with Crippen LogP contribution in [0, 0.1) is 0 Å². The van der Waals surface area contributed by atoms with Gasteiger partial charge in [-0.1, -0.05) is 0 Å². The van der Waals surface area contributed by atoms with E-state index in [0.717, 1.165) is 24.3 Å². The number of halogens is 3. The highest BCUT2D eigenvalue weighted by atomic mass is 32.2. The van der Waals surface area contributed by atoms with Gasteiger partial charge in [0.25, 0.3) is 5.91 Å². The van der Waals surface area contributed by atoms with Crippen LogP contribution in [-0.2, 0) is 9.53 Å². The molecule has 10 heteroatoms. The molecule has 0 radical (unpaired) electrons. The number of rotatable bonds is 5. The van der Waals surface area contributed by atoms with E-state index in [0.29, 0.717) is 6.54 Å². The number of alkyl halides is 3. The summed E-state index contributed by atoms with van der Waals surface area (Å²) in [5.41, 5.74) is -4.43. The number of imide groups is 1. The predicted molar refractivity (Wildman–Crippen MR) is 75.9 cm³/mol. The molecule has 3 amide bonds. The number of amides is 3. The molecule has 0 heterocycles. The molecule has 126 valence electrons. The van der Waals surface area contributed by atoms with E-state index in [1.807, 2.05) is 5.32 Å². The molecule has 1 aromatic carbocycles. The molecule has 0 atom stereocenters. The molecule has 0 saturated carbocycles. The summed E-state index contributed by atoms with van der Waals surface area (Å²) in [4.78, 5) is 33.9. The van der Waals surface area contributed by atoms with Crippen molar-refractivity contribution in [1.29, 1.82) is 0 Å². The number of hydrogen-bond donors (Lipinski definition) is 2. The van der Waals surface area contributed by atoms with Crippen LogP contribution < -0.4 is 10.6 Å². The van der Waals surface area contributed by atoms with Crippen LogP contribution in [0.1, 0.15) is 17.3 Å². The van der Waals surface area contributed by atoms with Crippen LogP contribution in [0.2, 0.25) is 0 Å². The van der Waals surface area contributed by atoms with Crippen LogP contribution in [0.25, 0.3) is 0 Å². The minimum atomic E-state index is -4.42. The molecular weight excluding hydrogens is 337 g/mol. The maximum Gasteiger partial charge on any atom is 0.446 e. The zero-order valence-corrected chi connectivity index (χ0v) is 12.7. The van der Waals surface area contributed by atoms with Gasteiger partial charge in [-0.05, 0) is 43.0 Å². The molecule has 1 aromatic rings. The monoisotopic (exact) mass is 350 g/mol. The molecule has 2 N–H and O–H groups in total. The van der Waals surface area contributed by atoms with Crippen molar-refractivity contribution in [3.05, 3.63) is 29.8 Å². The zero-order valence-electron chi connectivity index (χ0n) is 11.9. The summed E-state index contributed by atoms with van der Waals surface area (Å²) in [6.07, 6.45) is 0. The highest BCUT2D eigenvalue weighted by Crippen LogP contribution is 2.36. The second-order valence-electron chi connectivity index (χ2n) is 4.06. The van der Waals surface area contributed by atoms with Gasteiger partial charge in [0.1, 0.15) is 0 Å². The second kappa shape index (κ2) is 8.42. The van der Waals surface area contributed by atoms with Crippen molar-refractivity contribution in [1.82, 2.24) is 10.6 Å². The summed E-state index contributed by atoms with van der Waals surface area (Å²) in [6, 6.07) is 3.81. The highest BCUT2D eigenvalue weighted by molar-refractivity contribution is 8.00. The molecule has 0 aliphatic heterocycles. The third kappa shape index (κ3) is 7.54. The average Bonchev–Trinajstić information content (AvgIpc) is 2.44. The molecule has 23 heavy (non-hydrogen) atoms. The van der Waals surface area contributed by atoms with E-state index in [2.05, 4.69) is 10.1 Å². The average molecular weight is 350 g/mol. The molecule has 1 rings (SSSR count). The fourth-order valence-corrected chi connectivity index (χ4v) is 1.91. The Kier molecular flexibility index (Phi) is 6.89. The molecule has 0 aromatic heterocycles. The van der Waals surface area contributed by atoms with Gasteiger partial charge in [0.05, 0.1) is 5.56 Å². The summed E-state index contributed by atoms with van der Waals surface area (Å²) >= 11 is -0.310. The van der Waals surface area contributed by atoms with Crippen molar-refractivity contribution in [3.63, 3.8) is 0 Å². The number of hydrogen-bond acceptors (Lipinski definition) is 5. The molecule has 0 aliphatic rings. The first-order valence-electron chi connectivity index (χ1n) is 6.32. The fourth-order valence-electron chi connectivity index (χ4n) is 1.37. The number of urea groups is 1. The number of carbonyl (C=O) groups excluding carboxylic acids is 3. The van der Waals surface area contributed by atoms with Gasteiger partial charge in [0.2, 0.25) is 0 Å². The van der Waals surface area contributed by atoms with E-state index in [4.69, 9.17) is 0 Å². The van der Waals surface area contributed by atoms with Crippen molar-refractivity contribution >= 4 is 29.7 Å². The molecule has 0 saturated heterocycles. The topological polar surface area (TPSA) is 84.5 Å². The van der Waals surface area contributed by atoms with E-state index >= 15 is 0 Å². The van der Waals surface area contributed by atoms with Gasteiger partial charge >= 0.3 is 17.5 Å². The summed E-state index contributed by atoms with van der Waals surface area (Å²) in [5.74, 6) is -1.71. The number of thioether (sulfide) groups is 1. The highest BCUT2D eigenvalue weighted by Gasteiger charge is 2.29. The Morgan fingerprint density at radius 3 is 2.30 bits per heavy atom. The number of ether oxygens (including phenoxy) is 1. The smallest absolute Gasteiger partial charge is 0.446 e. The molecular formula is C13H13F3N2O4S. The zero-order chi connectivity index (χ0) is 17.5. The first-order chi connectivity index (χ1) is 10.7. The Labute approximate surface area is 133 Å². The predicted octanol–water partition coefficient (Wildman–Crippen LogP) is 2.30. The number of esters is 1. The van der Waals surface area contributed by atoms with Crippen molar-refractivity contribution in [2.45, 2.75) is 17.3 Å². The maximum atomic E-state index is 12.2. The Balaban J connectivity index is 2.49. The fraction of sp³-hybridized carbons (Fsp3) is 0.308. The Hall–Kier alpha value is -2.23. The maximum absolute atomic E-state index is 12.2. The van der Waals surface area contributed by atoms with Gasteiger partial charge in [0, 0.05) is 11.4 Å². The summed E-state index contributed by atoms with van der Waals surface area (Å²) in [6.45, 7) is 1.29. The van der Waals surface area contributed by atoms with E-state index in [1.54, 1.807) is 6.92 Å². The minimum absolute atomic E-state index is 0.0117. The van der Waals surface area contributed by atoms with Gasteiger partial charge in [0.15, 0.2) is 6.61 Å². The normalized spacial score (nSPS) is 10.8. The number of carbonyl (C=O) groups is 3. The van der Waals surface area contributed by atoms with Gasteiger partial charge in [-0.2, -0.15) is 13.2 Å². The van der Waals surface area contributed by atoms with Crippen LogP contribution >= 0.6 is 11.8 Å². The van der Waals surface area contributed by atoms with Crippen LogP contribution in [-0.4, -0.2) is 36.6 Å². The lowest BCUT2D eigenvalue weighted by molar-refractivity contribution is -0.123. The van der Waals surface area contributed by atoms with Crippen molar-refractivity contribution in [2.24, 2.45) is 0 Å². The SMILES string of the molecule is CCNC(=O)NC(=O)COC(=O)c1ccc(SC(F)(F)F)cc1. The molecule has 0 fully saturated rings. The van der Waals surface area contributed by atoms with Crippen LogP contribution in [0.15, 0.2) is 29.2 Å². The van der Waals surface area contributed by atoms with E-state index in [1.165, 1.54) is 0 Å². The minimum Gasteiger partial charge on any atom is -0.452 e. The Bertz CT molecular complexity index is 576. The summed E-state index contributed by atoms with van der Waals surface area (Å²) in [7, 11) is 0. The summed E-state index contributed by atoms with van der Waals surface area (Å²) < 4.78 is 41.1. The van der Waals surface area contributed by atoms with Gasteiger partial charge in [-0.3, -0.25) is 10.1 Å². The van der Waals surface area contributed by atoms with Crippen molar-refractivity contribution in [3.8, 4) is 0 Å². The second-order valence-corrected chi connectivity index (χ2v) is 5.19. The number of nitrogens with one attached hydrogen (secondary N) is 2. The molecule has 6 nitrogen and oxygen atoms in total. The summed E-state index contributed by atoms with van der Waals surface area (Å²) in [5, 5.41) is 4.24. The molecule has 0 aliphatic carbocycles. The van der Waals surface area contributed by atoms with Crippen molar-refractivity contribution in [2.75, 3.05) is 13.2 Å². The standard InChI is InChI=1S/C13H13F3N2O4S/c1-2-17-12(21)18-10(19)7-22-11(20)8-3-5-9(6-4-8)23-13(14,15)16/h3-6H,2,7H2,1H3,(H2,17,18,19,21). The van der Waals surface area contributed by atoms with Crippen molar-refractivity contribution < 1.29 is 32.3 Å². The van der Waals surface area contributed by atoms with Crippen LogP contribution in [0.5, 0.6) is 0 Å². The molecule has 0 bridgehead atoms. The molecule has 0 unspecified atom stereocenters. The lowest BCUT2D eigenvalue weighted by Gasteiger charge is -2.07. The molecule has 0 spiro atoms.